The van der Waals surface area contributed by atoms with Gasteiger partial charge in [0.05, 0.1) is 11.1 Å². The summed E-state index contributed by atoms with van der Waals surface area (Å²) in [4.78, 5) is 24.2. The Morgan fingerprint density at radius 3 is 2.65 bits per heavy atom. The molecule has 0 saturated heterocycles. The Balaban J connectivity index is 2.41. The van der Waals surface area contributed by atoms with Crippen LogP contribution in [0.2, 0.25) is 5.02 Å². The van der Waals surface area contributed by atoms with Crippen molar-refractivity contribution in [3.8, 4) is 5.69 Å². The third-order valence-corrected chi connectivity index (χ3v) is 3.06. The molecule has 0 unspecified atom stereocenters. The summed E-state index contributed by atoms with van der Waals surface area (Å²) in [6.07, 6.45) is 0. The second-order valence-electron chi connectivity index (χ2n) is 4.13. The molecule has 0 N–H and O–H groups in total. The maximum Gasteiger partial charge on any atom is 0.426 e. The second kappa shape index (κ2) is 4.61. The van der Waals surface area contributed by atoms with Gasteiger partial charge in [0.15, 0.2) is 0 Å². The van der Waals surface area contributed by atoms with Crippen LogP contribution in [-0.4, -0.2) is 4.57 Å². The van der Waals surface area contributed by atoms with E-state index >= 15 is 0 Å². The molecule has 0 aliphatic carbocycles. The zero-order valence-corrected chi connectivity index (χ0v) is 10.7. The number of rotatable bonds is 1. The highest BCUT2D eigenvalue weighted by Crippen LogP contribution is 2.16. The second-order valence-corrected chi connectivity index (χ2v) is 4.57. The van der Waals surface area contributed by atoms with Gasteiger partial charge in [-0.1, -0.05) is 17.7 Å². The molecule has 0 amide bonds. The minimum Gasteiger partial charge on any atom is -0.409 e. The van der Waals surface area contributed by atoms with Crippen molar-refractivity contribution in [1.82, 2.24) is 4.57 Å². The van der Waals surface area contributed by atoms with Gasteiger partial charge in [0.2, 0.25) is 0 Å². The summed E-state index contributed by atoms with van der Waals surface area (Å²) in [6.45, 7) is 0. The van der Waals surface area contributed by atoms with Crippen molar-refractivity contribution >= 4 is 22.6 Å². The molecule has 3 rings (SSSR count). The number of fused-ring (bicyclic) bond motifs is 1. The van der Waals surface area contributed by atoms with E-state index in [2.05, 4.69) is 0 Å². The first-order valence-electron chi connectivity index (χ1n) is 5.67. The maximum atomic E-state index is 13.2. The van der Waals surface area contributed by atoms with Gasteiger partial charge >= 0.3 is 5.76 Å². The van der Waals surface area contributed by atoms with Crippen LogP contribution in [0.4, 0.5) is 4.39 Å². The minimum atomic E-state index is -0.893. The van der Waals surface area contributed by atoms with E-state index < -0.39 is 17.1 Å². The lowest BCUT2D eigenvalue weighted by molar-refractivity contribution is 0.503. The Morgan fingerprint density at radius 1 is 1.10 bits per heavy atom. The molecule has 2 aromatic carbocycles. The maximum absolute atomic E-state index is 13.2. The fourth-order valence-electron chi connectivity index (χ4n) is 1.94. The Hall–Kier alpha value is -2.40. The number of aromatic nitrogens is 1. The fourth-order valence-corrected chi connectivity index (χ4v) is 2.10. The molecule has 1 heterocycles. The molecule has 0 bridgehead atoms. The van der Waals surface area contributed by atoms with E-state index in [4.69, 9.17) is 16.0 Å². The van der Waals surface area contributed by atoms with Gasteiger partial charge < -0.3 is 4.42 Å². The zero-order valence-electron chi connectivity index (χ0n) is 9.97. The lowest BCUT2D eigenvalue weighted by Crippen LogP contribution is -2.30. The van der Waals surface area contributed by atoms with Crippen LogP contribution in [0.15, 0.2) is 56.5 Å². The van der Waals surface area contributed by atoms with E-state index in [1.807, 2.05) is 0 Å². The topological polar surface area (TPSA) is 52.2 Å². The Labute approximate surface area is 116 Å². The summed E-state index contributed by atoms with van der Waals surface area (Å²) in [5.74, 6) is -1.44. The standard InChI is InChI=1S/C14H7ClFNO3/c15-8-4-5-11-12(6-8)20-14(19)17(13(11)18)10-3-1-2-9(16)7-10/h1-7H. The van der Waals surface area contributed by atoms with Gasteiger partial charge in [-0.15, -0.1) is 0 Å². The predicted octanol–water partition coefficient (Wildman–Crippen LogP) is 2.74. The summed E-state index contributed by atoms with van der Waals surface area (Å²) in [6, 6.07) is 9.51. The van der Waals surface area contributed by atoms with Crippen LogP contribution < -0.4 is 11.3 Å². The molecule has 0 aliphatic rings. The van der Waals surface area contributed by atoms with Gasteiger partial charge in [0.25, 0.3) is 5.56 Å². The van der Waals surface area contributed by atoms with Crippen molar-refractivity contribution in [2.45, 2.75) is 0 Å². The fraction of sp³-hybridized carbons (Fsp3) is 0. The molecule has 0 spiro atoms. The van der Waals surface area contributed by atoms with Crippen molar-refractivity contribution in [3.63, 3.8) is 0 Å². The third-order valence-electron chi connectivity index (χ3n) is 2.82. The van der Waals surface area contributed by atoms with Gasteiger partial charge in [-0.25, -0.2) is 13.8 Å². The molecule has 0 fully saturated rings. The van der Waals surface area contributed by atoms with Crippen LogP contribution in [0.3, 0.4) is 0 Å². The third kappa shape index (κ3) is 2.02. The highest BCUT2D eigenvalue weighted by molar-refractivity contribution is 6.31. The van der Waals surface area contributed by atoms with Gasteiger partial charge in [-0.3, -0.25) is 4.79 Å². The van der Waals surface area contributed by atoms with Crippen molar-refractivity contribution in [2.24, 2.45) is 0 Å². The quantitative estimate of drug-likeness (QED) is 0.693. The van der Waals surface area contributed by atoms with Crippen LogP contribution in [0.5, 0.6) is 0 Å². The molecule has 0 saturated carbocycles. The SMILES string of the molecule is O=c1oc2cc(Cl)ccc2c(=O)n1-c1cccc(F)c1. The number of hydrogen-bond acceptors (Lipinski definition) is 3. The Kier molecular flexibility index (Phi) is 2.91. The smallest absolute Gasteiger partial charge is 0.409 e. The molecule has 100 valence electrons. The van der Waals surface area contributed by atoms with Crippen LogP contribution in [0.1, 0.15) is 0 Å². The van der Waals surface area contributed by atoms with E-state index in [-0.39, 0.29) is 16.7 Å². The first-order chi connectivity index (χ1) is 9.56. The van der Waals surface area contributed by atoms with Crippen LogP contribution in [0.25, 0.3) is 16.7 Å². The van der Waals surface area contributed by atoms with E-state index in [1.54, 1.807) is 0 Å². The highest BCUT2D eigenvalue weighted by Gasteiger charge is 2.12. The van der Waals surface area contributed by atoms with Gasteiger partial charge in [-0.2, -0.15) is 0 Å². The van der Waals surface area contributed by atoms with Gasteiger partial charge in [0, 0.05) is 11.1 Å². The largest absolute Gasteiger partial charge is 0.426 e. The number of nitrogens with zero attached hydrogens (tertiary/aromatic N) is 1. The van der Waals surface area contributed by atoms with Gasteiger partial charge in [-0.05, 0) is 30.3 Å². The predicted molar refractivity (Wildman–Crippen MR) is 73.0 cm³/mol. The van der Waals surface area contributed by atoms with E-state index in [0.717, 1.165) is 10.6 Å². The lowest BCUT2D eigenvalue weighted by atomic mass is 10.2. The van der Waals surface area contributed by atoms with E-state index in [0.29, 0.717) is 5.02 Å². The molecule has 0 atom stereocenters. The van der Waals surface area contributed by atoms with Gasteiger partial charge in [0.1, 0.15) is 11.4 Å². The lowest BCUT2D eigenvalue weighted by Gasteiger charge is -2.05. The minimum absolute atomic E-state index is 0.0974. The molecule has 0 radical (unpaired) electrons. The monoisotopic (exact) mass is 291 g/mol. The molecule has 1 aromatic heterocycles. The molecule has 6 heteroatoms. The number of benzene rings is 2. The summed E-state index contributed by atoms with van der Waals surface area (Å²) in [5.41, 5.74) is -0.376. The van der Waals surface area contributed by atoms with Crippen molar-refractivity contribution in [1.29, 1.82) is 0 Å². The molecule has 20 heavy (non-hydrogen) atoms. The number of hydrogen-bond donors (Lipinski definition) is 0. The van der Waals surface area contributed by atoms with Crippen LogP contribution >= 0.6 is 11.6 Å². The normalized spacial score (nSPS) is 10.9. The average Bonchev–Trinajstić information content (AvgIpc) is 2.38. The first-order valence-corrected chi connectivity index (χ1v) is 6.05. The summed E-state index contributed by atoms with van der Waals surface area (Å²) < 4.78 is 19.0. The highest BCUT2D eigenvalue weighted by atomic mass is 35.5. The molecule has 3 aromatic rings. The van der Waals surface area contributed by atoms with E-state index in [1.165, 1.54) is 36.4 Å². The average molecular weight is 292 g/mol. The molecule has 0 aliphatic heterocycles. The number of halogens is 2. The van der Waals surface area contributed by atoms with Crippen molar-refractivity contribution in [3.05, 3.63) is 74.2 Å². The Morgan fingerprint density at radius 2 is 1.90 bits per heavy atom. The van der Waals surface area contributed by atoms with E-state index in [9.17, 15) is 14.0 Å². The molecular formula is C14H7ClFNO3. The van der Waals surface area contributed by atoms with Crippen molar-refractivity contribution < 1.29 is 8.81 Å². The summed E-state index contributed by atoms with van der Waals surface area (Å²) >= 11 is 5.78. The Bertz CT molecular complexity index is 930. The van der Waals surface area contributed by atoms with Crippen LogP contribution in [0, 0.1) is 5.82 Å². The van der Waals surface area contributed by atoms with Crippen molar-refractivity contribution in [2.75, 3.05) is 0 Å². The summed E-state index contributed by atoms with van der Waals surface area (Å²) in [5, 5.41) is 0.543. The van der Waals surface area contributed by atoms with Crippen LogP contribution in [-0.2, 0) is 0 Å². The summed E-state index contributed by atoms with van der Waals surface area (Å²) in [7, 11) is 0. The molecule has 4 nitrogen and oxygen atoms in total. The molecular weight excluding hydrogens is 285 g/mol. The first kappa shape index (κ1) is 12.6. The zero-order chi connectivity index (χ0) is 14.3.